The molecule has 4 aliphatic rings. The van der Waals surface area contributed by atoms with E-state index in [-0.39, 0.29) is 23.6 Å². The molecule has 4 heterocycles. The van der Waals surface area contributed by atoms with Crippen LogP contribution in [0.2, 0.25) is 0 Å². The zero-order chi connectivity index (χ0) is 26.6. The van der Waals surface area contributed by atoms with Gasteiger partial charge in [-0.25, -0.2) is 10.0 Å². The Bertz CT molecular complexity index is 1150. The first kappa shape index (κ1) is 24.9. The van der Waals surface area contributed by atoms with Gasteiger partial charge in [0.05, 0.1) is 23.9 Å². The number of hydrogen-bond donors (Lipinski definition) is 0. The largest absolute Gasteiger partial charge is 0.281 e. The van der Waals surface area contributed by atoms with Crippen molar-refractivity contribution >= 4 is 23.6 Å². The van der Waals surface area contributed by atoms with Gasteiger partial charge in [-0.2, -0.15) is 0 Å². The van der Waals surface area contributed by atoms with Gasteiger partial charge in [-0.15, -0.1) is 0 Å². The van der Waals surface area contributed by atoms with E-state index in [4.69, 9.17) is 0 Å². The number of imide groups is 2. The highest BCUT2D eigenvalue weighted by Gasteiger charge is 2.73. The summed E-state index contributed by atoms with van der Waals surface area (Å²) in [5.74, 6) is -2.08. The molecule has 0 unspecified atom stereocenters. The number of nitrogens with zero attached hydrogens (tertiary/aromatic N) is 4. The van der Waals surface area contributed by atoms with Crippen molar-refractivity contribution in [1.29, 1.82) is 0 Å². The number of likely N-dealkylation sites (tertiary alicyclic amines) is 2. The number of carbonyl (C=O) groups is 4. The molecule has 198 valence electrons. The molecule has 8 nitrogen and oxygen atoms in total. The Morgan fingerprint density at radius 2 is 0.895 bits per heavy atom. The molecule has 4 aliphatic heterocycles. The van der Waals surface area contributed by atoms with Crippen LogP contribution in [0.5, 0.6) is 0 Å². The second-order valence-corrected chi connectivity index (χ2v) is 10.8. The van der Waals surface area contributed by atoms with Gasteiger partial charge in [0.1, 0.15) is 12.1 Å². The van der Waals surface area contributed by atoms with Crippen LogP contribution in [0.4, 0.5) is 0 Å². The van der Waals surface area contributed by atoms with E-state index in [1.165, 1.54) is 9.80 Å². The van der Waals surface area contributed by atoms with E-state index in [0.717, 1.165) is 36.8 Å². The van der Waals surface area contributed by atoms with Crippen molar-refractivity contribution < 1.29 is 19.2 Å². The predicted molar refractivity (Wildman–Crippen MR) is 140 cm³/mol. The van der Waals surface area contributed by atoms with Crippen LogP contribution >= 0.6 is 0 Å². The summed E-state index contributed by atoms with van der Waals surface area (Å²) in [7, 11) is 0. The van der Waals surface area contributed by atoms with Gasteiger partial charge in [0.25, 0.3) is 0 Å². The third-order valence-electron chi connectivity index (χ3n) is 8.66. The molecule has 4 fully saturated rings. The summed E-state index contributed by atoms with van der Waals surface area (Å²) in [6.07, 6.45) is 3.23. The molecular formula is C30H34N4O4. The molecule has 4 amide bonds. The fourth-order valence-corrected chi connectivity index (χ4v) is 6.99. The number of rotatable bonds is 8. The SMILES string of the molecule is CCCCN1C(=O)[C@H]2[C@@H](c3ccccc3)N3[C@H]4C(=O)N(CCCC)C(=O)[C@H]4[C@@H](c4ccccc4)N3[C@H]2C1=O. The van der Waals surface area contributed by atoms with Crippen molar-refractivity contribution in [3.8, 4) is 0 Å². The minimum absolute atomic E-state index is 0.181. The van der Waals surface area contributed by atoms with Crippen molar-refractivity contribution in [2.75, 3.05) is 13.1 Å². The number of hydrogen-bond acceptors (Lipinski definition) is 6. The molecule has 0 N–H and O–H groups in total. The predicted octanol–water partition coefficient (Wildman–Crippen LogP) is 3.32. The number of hydrazine groups is 1. The first-order valence-corrected chi connectivity index (χ1v) is 13.9. The maximum atomic E-state index is 13.9. The Kier molecular flexibility index (Phi) is 6.40. The van der Waals surface area contributed by atoms with Gasteiger partial charge in [-0.3, -0.25) is 29.0 Å². The third-order valence-corrected chi connectivity index (χ3v) is 8.66. The molecular weight excluding hydrogens is 480 g/mol. The van der Waals surface area contributed by atoms with E-state index in [1.807, 2.05) is 84.5 Å². The number of fused-ring (bicyclic) bond motifs is 5. The number of benzene rings is 2. The molecule has 2 aromatic rings. The van der Waals surface area contributed by atoms with Gasteiger partial charge in [0.2, 0.25) is 23.6 Å². The summed E-state index contributed by atoms with van der Waals surface area (Å²) in [6.45, 7) is 4.86. The molecule has 8 heteroatoms. The summed E-state index contributed by atoms with van der Waals surface area (Å²) in [5.41, 5.74) is 1.76. The topological polar surface area (TPSA) is 81.2 Å². The maximum absolute atomic E-state index is 13.9. The second kappa shape index (κ2) is 9.75. The minimum atomic E-state index is -0.745. The van der Waals surface area contributed by atoms with Gasteiger partial charge in [0.15, 0.2) is 0 Å². The molecule has 4 saturated heterocycles. The first-order chi connectivity index (χ1) is 18.5. The maximum Gasteiger partial charge on any atom is 0.248 e. The Morgan fingerprint density at radius 1 is 0.526 bits per heavy atom. The highest BCUT2D eigenvalue weighted by Crippen LogP contribution is 2.59. The van der Waals surface area contributed by atoms with Crippen LogP contribution < -0.4 is 0 Å². The molecule has 2 aromatic carbocycles. The zero-order valence-electron chi connectivity index (χ0n) is 21.9. The van der Waals surface area contributed by atoms with Crippen LogP contribution in [0.3, 0.4) is 0 Å². The van der Waals surface area contributed by atoms with Crippen molar-refractivity contribution in [3.05, 3.63) is 71.8 Å². The number of amides is 4. The molecule has 0 aliphatic carbocycles. The number of unbranched alkanes of at least 4 members (excludes halogenated alkanes) is 2. The highest BCUT2D eigenvalue weighted by molar-refractivity contribution is 6.10. The zero-order valence-corrected chi connectivity index (χ0v) is 21.9. The Labute approximate surface area is 223 Å². The standard InChI is InChI=1S/C30H34N4O4/c1-3-5-17-31-27(35)21-23(19-13-9-7-10-14-19)34-26-22(28(36)32(30(26)38)18-6-4-2)24(20-15-11-8-12-16-20)33(34)25(21)29(31)37/h7-16,21-26H,3-6,17-18H2,1-2H3/t21-,22-,23+,24+,25+,26+/m0/s1. The fourth-order valence-electron chi connectivity index (χ4n) is 6.99. The molecule has 6 atom stereocenters. The lowest BCUT2D eigenvalue weighted by molar-refractivity contribution is -0.153. The van der Waals surface area contributed by atoms with Crippen LogP contribution in [0.15, 0.2) is 60.7 Å². The van der Waals surface area contributed by atoms with Crippen molar-refractivity contribution in [2.45, 2.75) is 63.7 Å². The lowest BCUT2D eigenvalue weighted by Crippen LogP contribution is -2.50. The van der Waals surface area contributed by atoms with Gasteiger partial charge in [0, 0.05) is 13.1 Å². The van der Waals surface area contributed by atoms with Crippen molar-refractivity contribution in [1.82, 2.24) is 19.8 Å². The fraction of sp³-hybridized carbons (Fsp3) is 0.467. The summed E-state index contributed by atoms with van der Waals surface area (Å²) >= 11 is 0. The second-order valence-electron chi connectivity index (χ2n) is 10.8. The van der Waals surface area contributed by atoms with E-state index < -0.39 is 36.0 Å². The molecule has 0 saturated carbocycles. The van der Waals surface area contributed by atoms with E-state index in [2.05, 4.69) is 0 Å². The molecule has 6 rings (SSSR count). The average molecular weight is 515 g/mol. The van der Waals surface area contributed by atoms with Crippen LogP contribution in [-0.4, -0.2) is 68.6 Å². The van der Waals surface area contributed by atoms with E-state index in [0.29, 0.717) is 13.1 Å². The quantitative estimate of drug-likeness (QED) is 0.503. The Morgan fingerprint density at radius 3 is 1.24 bits per heavy atom. The summed E-state index contributed by atoms with van der Waals surface area (Å²) in [4.78, 5) is 58.5. The normalized spacial score (nSPS) is 30.9. The van der Waals surface area contributed by atoms with Crippen molar-refractivity contribution in [2.24, 2.45) is 11.8 Å². The Balaban J connectivity index is 1.52. The minimum Gasteiger partial charge on any atom is -0.281 e. The van der Waals surface area contributed by atoms with Crippen molar-refractivity contribution in [3.63, 3.8) is 0 Å². The van der Waals surface area contributed by atoms with Crippen LogP contribution in [0, 0.1) is 11.8 Å². The van der Waals surface area contributed by atoms with Crippen LogP contribution in [-0.2, 0) is 19.2 Å². The van der Waals surface area contributed by atoms with Crippen LogP contribution in [0.25, 0.3) is 0 Å². The van der Waals surface area contributed by atoms with Gasteiger partial charge < -0.3 is 0 Å². The average Bonchev–Trinajstić information content (AvgIpc) is 3.59. The molecule has 0 radical (unpaired) electrons. The summed E-state index contributed by atoms with van der Waals surface area (Å²) in [5, 5.41) is 3.90. The van der Waals surface area contributed by atoms with E-state index in [1.54, 1.807) is 0 Å². The molecule has 38 heavy (non-hydrogen) atoms. The third kappa shape index (κ3) is 3.50. The highest BCUT2D eigenvalue weighted by atomic mass is 16.2. The first-order valence-electron chi connectivity index (χ1n) is 13.9. The lowest BCUT2D eigenvalue weighted by atomic mass is 9.84. The number of carbonyl (C=O) groups excluding carboxylic acids is 4. The van der Waals surface area contributed by atoms with Gasteiger partial charge in [-0.1, -0.05) is 87.4 Å². The van der Waals surface area contributed by atoms with Crippen LogP contribution in [0.1, 0.15) is 62.7 Å². The van der Waals surface area contributed by atoms with E-state index in [9.17, 15) is 19.2 Å². The smallest absolute Gasteiger partial charge is 0.248 e. The lowest BCUT2D eigenvalue weighted by Gasteiger charge is -2.35. The summed E-state index contributed by atoms with van der Waals surface area (Å²) < 4.78 is 0. The Hall–Kier alpha value is -3.36. The molecule has 0 spiro atoms. The van der Waals surface area contributed by atoms with Gasteiger partial charge >= 0.3 is 0 Å². The summed E-state index contributed by atoms with van der Waals surface area (Å²) in [6, 6.07) is 16.8. The van der Waals surface area contributed by atoms with E-state index >= 15 is 0 Å². The molecule has 0 aromatic heterocycles. The molecule has 0 bridgehead atoms. The monoisotopic (exact) mass is 514 g/mol. The van der Waals surface area contributed by atoms with Gasteiger partial charge in [-0.05, 0) is 24.0 Å².